The van der Waals surface area contributed by atoms with Gasteiger partial charge >= 0.3 is 6.18 Å². The Kier molecular flexibility index (Phi) is 3.01. The lowest BCUT2D eigenvalue weighted by molar-refractivity contribution is -0.170. The molecular weight excluding hydrogens is 211 g/mol. The lowest BCUT2D eigenvalue weighted by Crippen LogP contribution is -2.26. The van der Waals surface area contributed by atoms with Gasteiger partial charge in [-0.25, -0.2) is 0 Å². The Morgan fingerprint density at radius 2 is 2.27 bits per heavy atom. The molecule has 2 N–H and O–H groups in total. The van der Waals surface area contributed by atoms with Gasteiger partial charge in [-0.2, -0.15) is 18.3 Å². The van der Waals surface area contributed by atoms with Crippen LogP contribution >= 0.6 is 0 Å². The van der Waals surface area contributed by atoms with Gasteiger partial charge in [-0.3, -0.25) is 9.48 Å². The smallest absolute Gasteiger partial charge is 0.366 e. The van der Waals surface area contributed by atoms with E-state index in [0.717, 1.165) is 12.4 Å². The Balaban J connectivity index is 2.98. The Morgan fingerprint density at radius 3 is 2.60 bits per heavy atom. The van der Waals surface area contributed by atoms with Crippen LogP contribution in [0.4, 0.5) is 13.2 Å². The molecule has 1 amide bonds. The zero-order valence-electron chi connectivity index (χ0n) is 7.95. The van der Waals surface area contributed by atoms with Crippen LogP contribution in [-0.2, 0) is 0 Å². The van der Waals surface area contributed by atoms with E-state index < -0.39 is 18.1 Å². The predicted molar refractivity (Wildman–Crippen MR) is 46.1 cm³/mol. The average molecular weight is 221 g/mol. The number of halogens is 3. The third-order valence-corrected chi connectivity index (χ3v) is 1.97. The maximum absolute atomic E-state index is 12.4. The van der Waals surface area contributed by atoms with Crippen LogP contribution in [-0.4, -0.2) is 21.9 Å². The van der Waals surface area contributed by atoms with Crippen molar-refractivity contribution in [2.24, 2.45) is 5.73 Å². The van der Waals surface area contributed by atoms with E-state index in [1.165, 1.54) is 6.92 Å². The lowest BCUT2D eigenvalue weighted by Gasteiger charge is -2.18. The zero-order valence-corrected chi connectivity index (χ0v) is 7.95. The minimum absolute atomic E-state index is 0.0299. The van der Waals surface area contributed by atoms with E-state index in [-0.39, 0.29) is 12.0 Å². The molecule has 0 aliphatic heterocycles. The Hall–Kier alpha value is -1.53. The van der Waals surface area contributed by atoms with Crippen LogP contribution in [0.3, 0.4) is 0 Å². The van der Waals surface area contributed by atoms with Crippen LogP contribution < -0.4 is 5.73 Å². The van der Waals surface area contributed by atoms with Crippen molar-refractivity contribution in [1.82, 2.24) is 9.78 Å². The van der Waals surface area contributed by atoms with E-state index in [4.69, 9.17) is 5.73 Å². The highest BCUT2D eigenvalue weighted by molar-refractivity contribution is 5.92. The van der Waals surface area contributed by atoms with Crippen molar-refractivity contribution >= 4 is 5.91 Å². The molecule has 1 rings (SSSR count). The minimum Gasteiger partial charge on any atom is -0.366 e. The Labute approximate surface area is 83.9 Å². The summed E-state index contributed by atoms with van der Waals surface area (Å²) >= 11 is 0. The van der Waals surface area contributed by atoms with Crippen LogP contribution in [0.15, 0.2) is 12.4 Å². The molecule has 1 aromatic rings. The van der Waals surface area contributed by atoms with E-state index in [0.29, 0.717) is 4.68 Å². The van der Waals surface area contributed by atoms with Crippen molar-refractivity contribution in [1.29, 1.82) is 0 Å². The standard InChI is InChI=1S/C8H10F3N3O/c1-2-6(8(9,10)11)14-4-5(3-13-14)7(12)15/h3-4,6H,2H2,1H3,(H2,12,15). The summed E-state index contributed by atoms with van der Waals surface area (Å²) < 4.78 is 38.0. The molecule has 1 unspecified atom stereocenters. The van der Waals surface area contributed by atoms with Gasteiger partial charge in [-0.1, -0.05) is 6.92 Å². The molecule has 84 valence electrons. The highest BCUT2D eigenvalue weighted by Gasteiger charge is 2.40. The summed E-state index contributed by atoms with van der Waals surface area (Å²) in [6.07, 6.45) is -2.50. The summed E-state index contributed by atoms with van der Waals surface area (Å²) in [5, 5.41) is 3.47. The monoisotopic (exact) mass is 221 g/mol. The first kappa shape index (κ1) is 11.5. The second-order valence-electron chi connectivity index (χ2n) is 3.04. The van der Waals surface area contributed by atoms with Gasteiger partial charge in [0.1, 0.15) is 6.04 Å². The van der Waals surface area contributed by atoms with Crippen molar-refractivity contribution in [2.45, 2.75) is 25.6 Å². The molecule has 0 fully saturated rings. The van der Waals surface area contributed by atoms with Gasteiger partial charge in [0.25, 0.3) is 5.91 Å². The van der Waals surface area contributed by atoms with Gasteiger partial charge in [0, 0.05) is 6.20 Å². The van der Waals surface area contributed by atoms with Crippen molar-refractivity contribution in [3.63, 3.8) is 0 Å². The molecule has 4 nitrogen and oxygen atoms in total. The highest BCUT2D eigenvalue weighted by Crippen LogP contribution is 2.32. The molecule has 0 spiro atoms. The summed E-state index contributed by atoms with van der Waals surface area (Å²) in [5.41, 5.74) is 4.87. The van der Waals surface area contributed by atoms with Gasteiger partial charge in [-0.15, -0.1) is 0 Å². The van der Waals surface area contributed by atoms with E-state index in [2.05, 4.69) is 5.10 Å². The second kappa shape index (κ2) is 3.92. The summed E-state index contributed by atoms with van der Waals surface area (Å²) in [5.74, 6) is -0.793. The number of primary amides is 1. The molecule has 0 radical (unpaired) electrons. The molecule has 1 heterocycles. The number of nitrogens with two attached hydrogens (primary N) is 1. The number of carbonyl (C=O) groups excluding carboxylic acids is 1. The third-order valence-electron chi connectivity index (χ3n) is 1.97. The molecular formula is C8H10F3N3O. The molecule has 1 atom stereocenters. The average Bonchev–Trinajstić information content (AvgIpc) is 2.51. The fraction of sp³-hybridized carbons (Fsp3) is 0.500. The fourth-order valence-corrected chi connectivity index (χ4v) is 1.20. The van der Waals surface area contributed by atoms with Crippen LogP contribution in [0.5, 0.6) is 0 Å². The largest absolute Gasteiger partial charge is 0.410 e. The van der Waals surface area contributed by atoms with Crippen molar-refractivity contribution < 1.29 is 18.0 Å². The second-order valence-corrected chi connectivity index (χ2v) is 3.04. The number of carbonyl (C=O) groups is 1. The first-order valence-corrected chi connectivity index (χ1v) is 4.27. The predicted octanol–water partition coefficient (Wildman–Crippen LogP) is 1.50. The number of amides is 1. The summed E-state index contributed by atoms with van der Waals surface area (Å²) in [4.78, 5) is 10.7. The van der Waals surface area contributed by atoms with Gasteiger partial charge in [0.2, 0.25) is 0 Å². The molecule has 15 heavy (non-hydrogen) atoms. The maximum atomic E-state index is 12.4. The number of hydrogen-bond donors (Lipinski definition) is 1. The molecule has 0 bridgehead atoms. The number of aromatic nitrogens is 2. The van der Waals surface area contributed by atoms with Crippen LogP contribution in [0.2, 0.25) is 0 Å². The van der Waals surface area contributed by atoms with Gasteiger partial charge in [0.05, 0.1) is 11.8 Å². The third kappa shape index (κ3) is 2.48. The van der Waals surface area contributed by atoms with Crippen LogP contribution in [0.25, 0.3) is 0 Å². The van der Waals surface area contributed by atoms with E-state index >= 15 is 0 Å². The molecule has 0 saturated carbocycles. The Morgan fingerprint density at radius 1 is 1.67 bits per heavy atom. The van der Waals surface area contributed by atoms with Crippen molar-refractivity contribution in [3.05, 3.63) is 18.0 Å². The van der Waals surface area contributed by atoms with Crippen LogP contribution in [0.1, 0.15) is 29.7 Å². The van der Waals surface area contributed by atoms with Crippen LogP contribution in [0, 0.1) is 0 Å². The van der Waals surface area contributed by atoms with Crippen molar-refractivity contribution in [3.8, 4) is 0 Å². The van der Waals surface area contributed by atoms with E-state index in [1.807, 2.05) is 0 Å². The van der Waals surface area contributed by atoms with Crippen molar-refractivity contribution in [2.75, 3.05) is 0 Å². The van der Waals surface area contributed by atoms with Gasteiger partial charge in [0.15, 0.2) is 0 Å². The number of nitrogens with zero attached hydrogens (tertiary/aromatic N) is 2. The summed E-state index contributed by atoms with van der Waals surface area (Å²) in [6, 6.07) is -1.72. The topological polar surface area (TPSA) is 60.9 Å². The molecule has 1 aromatic heterocycles. The lowest BCUT2D eigenvalue weighted by atomic mass is 10.2. The number of alkyl halides is 3. The quantitative estimate of drug-likeness (QED) is 0.840. The molecule has 7 heteroatoms. The highest BCUT2D eigenvalue weighted by atomic mass is 19.4. The first-order valence-electron chi connectivity index (χ1n) is 4.27. The van der Waals surface area contributed by atoms with E-state index in [1.54, 1.807) is 0 Å². The summed E-state index contributed by atoms with van der Waals surface area (Å²) in [6.45, 7) is 1.39. The normalized spacial score (nSPS) is 13.9. The maximum Gasteiger partial charge on any atom is 0.410 e. The first-order chi connectivity index (χ1) is 6.86. The SMILES string of the molecule is CCC(n1cc(C(N)=O)cn1)C(F)(F)F. The minimum atomic E-state index is -4.38. The number of hydrogen-bond acceptors (Lipinski definition) is 2. The molecule has 0 saturated heterocycles. The Bertz CT molecular complexity index is 358. The molecule has 0 aliphatic rings. The van der Waals surface area contributed by atoms with Gasteiger partial charge < -0.3 is 5.73 Å². The molecule has 0 aromatic carbocycles. The zero-order chi connectivity index (χ0) is 11.6. The molecule has 0 aliphatic carbocycles. The summed E-state index contributed by atoms with van der Waals surface area (Å²) in [7, 11) is 0. The fourth-order valence-electron chi connectivity index (χ4n) is 1.20. The number of rotatable bonds is 3. The van der Waals surface area contributed by atoms with E-state index in [9.17, 15) is 18.0 Å². The van der Waals surface area contributed by atoms with Gasteiger partial charge in [-0.05, 0) is 6.42 Å².